The first-order valence-electron chi connectivity index (χ1n) is 6.96. The summed E-state index contributed by atoms with van der Waals surface area (Å²) in [6.45, 7) is 6.89. The zero-order chi connectivity index (χ0) is 15.9. The molecule has 0 saturated carbocycles. The molecule has 118 valence electrons. The molecule has 1 rings (SSSR count). The number of aliphatic hydroxyl groups excluding tert-OH is 1. The molecule has 21 heavy (non-hydrogen) atoms. The molecule has 0 aliphatic carbocycles. The van der Waals surface area contributed by atoms with Gasteiger partial charge in [0.15, 0.2) is 0 Å². The molecule has 0 bridgehead atoms. The van der Waals surface area contributed by atoms with Gasteiger partial charge in [-0.1, -0.05) is 25.4 Å². The molecule has 0 spiro atoms. The van der Waals surface area contributed by atoms with Gasteiger partial charge >= 0.3 is 6.03 Å². The first-order valence-corrected chi connectivity index (χ1v) is 7.34. The van der Waals surface area contributed by atoms with Crippen molar-refractivity contribution in [3.63, 3.8) is 0 Å². The number of carbonyl (C=O) groups excluding carboxylic acids is 1. The summed E-state index contributed by atoms with van der Waals surface area (Å²) in [4.78, 5) is 11.9. The number of halogens is 1. The number of amides is 2. The number of aliphatic hydroxyl groups is 1. The Kier molecular flexibility index (Phi) is 6.78. The van der Waals surface area contributed by atoms with E-state index in [2.05, 4.69) is 10.6 Å². The Labute approximate surface area is 130 Å². The number of rotatable bonds is 7. The average molecular weight is 315 g/mol. The molecule has 0 atom stereocenters. The second-order valence-corrected chi connectivity index (χ2v) is 5.96. The van der Waals surface area contributed by atoms with Crippen LogP contribution >= 0.6 is 11.6 Å². The standard InChI is InChI=1S/C15H23ClN2O3/c1-4-21-13-9-11(16)5-6-12(13)18-14(20)17-10-15(2,3)7-8-19/h5-6,9,19H,4,7-8,10H2,1-3H3,(H2,17,18,20). The summed E-state index contributed by atoms with van der Waals surface area (Å²) in [5.74, 6) is 0.537. The Hall–Kier alpha value is -1.46. The lowest BCUT2D eigenvalue weighted by atomic mass is 9.90. The lowest BCUT2D eigenvalue weighted by Gasteiger charge is -2.24. The number of benzene rings is 1. The van der Waals surface area contributed by atoms with Gasteiger partial charge < -0.3 is 20.5 Å². The summed E-state index contributed by atoms with van der Waals surface area (Å²) in [6.07, 6.45) is 0.623. The van der Waals surface area contributed by atoms with Crippen molar-refractivity contribution < 1.29 is 14.6 Å². The van der Waals surface area contributed by atoms with Crippen LogP contribution < -0.4 is 15.4 Å². The molecule has 6 heteroatoms. The van der Waals surface area contributed by atoms with Crippen LogP contribution in [-0.4, -0.2) is 30.9 Å². The normalized spacial score (nSPS) is 11.1. The van der Waals surface area contributed by atoms with Crippen LogP contribution in [0.25, 0.3) is 0 Å². The SMILES string of the molecule is CCOc1cc(Cl)ccc1NC(=O)NCC(C)(C)CCO. The van der Waals surface area contributed by atoms with Crippen molar-refractivity contribution in [3.05, 3.63) is 23.2 Å². The van der Waals surface area contributed by atoms with Crippen LogP contribution in [0, 0.1) is 5.41 Å². The molecular formula is C15H23ClN2O3. The van der Waals surface area contributed by atoms with Crippen molar-refractivity contribution >= 4 is 23.3 Å². The molecule has 0 radical (unpaired) electrons. The molecule has 0 aromatic heterocycles. The predicted octanol–water partition coefficient (Wildman–Crippen LogP) is 3.27. The minimum Gasteiger partial charge on any atom is -0.492 e. The van der Waals surface area contributed by atoms with Gasteiger partial charge in [-0.2, -0.15) is 0 Å². The molecule has 1 aromatic carbocycles. The molecule has 5 nitrogen and oxygen atoms in total. The first-order chi connectivity index (χ1) is 9.88. The van der Waals surface area contributed by atoms with E-state index in [0.29, 0.717) is 36.0 Å². The molecule has 1 aromatic rings. The molecular weight excluding hydrogens is 292 g/mol. The summed E-state index contributed by atoms with van der Waals surface area (Å²) in [5.41, 5.74) is 0.410. The van der Waals surface area contributed by atoms with E-state index in [1.165, 1.54) is 0 Å². The Morgan fingerprint density at radius 2 is 2.14 bits per heavy atom. The van der Waals surface area contributed by atoms with Crippen molar-refractivity contribution in [2.75, 3.05) is 25.1 Å². The van der Waals surface area contributed by atoms with Crippen LogP contribution in [0.3, 0.4) is 0 Å². The Balaban J connectivity index is 2.62. The van der Waals surface area contributed by atoms with Crippen molar-refractivity contribution in [2.24, 2.45) is 5.41 Å². The summed E-state index contributed by atoms with van der Waals surface area (Å²) in [6, 6.07) is 4.74. The van der Waals surface area contributed by atoms with Gasteiger partial charge in [-0.05, 0) is 30.9 Å². The highest BCUT2D eigenvalue weighted by atomic mass is 35.5. The fraction of sp³-hybridized carbons (Fsp3) is 0.533. The Morgan fingerprint density at radius 3 is 2.76 bits per heavy atom. The molecule has 0 saturated heterocycles. The third-order valence-electron chi connectivity index (χ3n) is 3.01. The van der Waals surface area contributed by atoms with Crippen molar-refractivity contribution in [3.8, 4) is 5.75 Å². The van der Waals surface area contributed by atoms with E-state index >= 15 is 0 Å². The van der Waals surface area contributed by atoms with Gasteiger partial charge in [-0.25, -0.2) is 4.79 Å². The minimum absolute atomic E-state index is 0.0992. The highest BCUT2D eigenvalue weighted by Crippen LogP contribution is 2.28. The number of urea groups is 1. The van der Waals surface area contributed by atoms with Gasteiger partial charge in [0.1, 0.15) is 5.75 Å². The summed E-state index contributed by atoms with van der Waals surface area (Å²) < 4.78 is 5.44. The predicted molar refractivity (Wildman–Crippen MR) is 85.1 cm³/mol. The van der Waals surface area contributed by atoms with E-state index in [1.807, 2.05) is 20.8 Å². The Bertz CT molecular complexity index is 478. The third kappa shape index (κ3) is 6.23. The maximum Gasteiger partial charge on any atom is 0.319 e. The quantitative estimate of drug-likeness (QED) is 0.723. The van der Waals surface area contributed by atoms with Crippen molar-refractivity contribution in [1.29, 1.82) is 0 Å². The molecule has 3 N–H and O–H groups in total. The number of hydrogen-bond donors (Lipinski definition) is 3. The molecule has 2 amide bonds. The maximum absolute atomic E-state index is 11.9. The minimum atomic E-state index is -0.315. The van der Waals surface area contributed by atoms with Gasteiger partial charge in [-0.15, -0.1) is 0 Å². The summed E-state index contributed by atoms with van der Waals surface area (Å²) in [7, 11) is 0. The fourth-order valence-corrected chi connectivity index (χ4v) is 1.91. The fourth-order valence-electron chi connectivity index (χ4n) is 1.75. The van der Waals surface area contributed by atoms with Crippen LogP contribution in [0.4, 0.5) is 10.5 Å². The van der Waals surface area contributed by atoms with Crippen LogP contribution in [0.5, 0.6) is 5.75 Å². The highest BCUT2D eigenvalue weighted by molar-refractivity contribution is 6.30. The maximum atomic E-state index is 11.9. The average Bonchev–Trinajstić information content (AvgIpc) is 2.40. The van der Waals surface area contributed by atoms with Crippen molar-refractivity contribution in [2.45, 2.75) is 27.2 Å². The van der Waals surface area contributed by atoms with E-state index in [0.717, 1.165) is 0 Å². The monoisotopic (exact) mass is 314 g/mol. The lowest BCUT2D eigenvalue weighted by molar-refractivity contribution is 0.204. The Morgan fingerprint density at radius 1 is 1.43 bits per heavy atom. The van der Waals surface area contributed by atoms with E-state index in [-0.39, 0.29) is 18.1 Å². The van der Waals surface area contributed by atoms with Crippen LogP contribution in [0.15, 0.2) is 18.2 Å². The van der Waals surface area contributed by atoms with E-state index < -0.39 is 0 Å². The number of hydrogen-bond acceptors (Lipinski definition) is 3. The topological polar surface area (TPSA) is 70.6 Å². The van der Waals surface area contributed by atoms with Gasteiger partial charge in [0, 0.05) is 24.2 Å². The second kappa shape index (κ2) is 8.10. The first kappa shape index (κ1) is 17.6. The highest BCUT2D eigenvalue weighted by Gasteiger charge is 2.18. The number of carbonyl (C=O) groups is 1. The molecule has 0 fully saturated rings. The zero-order valence-electron chi connectivity index (χ0n) is 12.7. The molecule has 0 aliphatic rings. The zero-order valence-corrected chi connectivity index (χ0v) is 13.5. The smallest absolute Gasteiger partial charge is 0.319 e. The van der Waals surface area contributed by atoms with Gasteiger partial charge in [0.2, 0.25) is 0 Å². The lowest BCUT2D eigenvalue weighted by Crippen LogP contribution is -2.37. The molecule has 0 unspecified atom stereocenters. The largest absolute Gasteiger partial charge is 0.492 e. The van der Waals surface area contributed by atoms with Crippen LogP contribution in [0.2, 0.25) is 5.02 Å². The number of ether oxygens (including phenoxy) is 1. The van der Waals surface area contributed by atoms with E-state index in [1.54, 1.807) is 18.2 Å². The second-order valence-electron chi connectivity index (χ2n) is 5.52. The van der Waals surface area contributed by atoms with Crippen molar-refractivity contribution in [1.82, 2.24) is 5.32 Å². The number of nitrogens with one attached hydrogen (secondary N) is 2. The third-order valence-corrected chi connectivity index (χ3v) is 3.24. The van der Waals surface area contributed by atoms with Gasteiger partial charge in [0.05, 0.1) is 12.3 Å². The summed E-state index contributed by atoms with van der Waals surface area (Å²) >= 11 is 5.91. The molecule has 0 aliphatic heterocycles. The van der Waals surface area contributed by atoms with Crippen LogP contribution in [-0.2, 0) is 0 Å². The van der Waals surface area contributed by atoms with E-state index in [4.69, 9.17) is 21.4 Å². The van der Waals surface area contributed by atoms with Gasteiger partial charge in [0.25, 0.3) is 0 Å². The van der Waals surface area contributed by atoms with Crippen LogP contribution in [0.1, 0.15) is 27.2 Å². The summed E-state index contributed by atoms with van der Waals surface area (Å²) in [5, 5.41) is 15.0. The molecule has 0 heterocycles. The number of anilines is 1. The van der Waals surface area contributed by atoms with Gasteiger partial charge in [-0.3, -0.25) is 0 Å². The van der Waals surface area contributed by atoms with E-state index in [9.17, 15) is 4.79 Å².